The Morgan fingerprint density at radius 1 is 1.22 bits per heavy atom. The molecule has 2 atom stereocenters. The maximum atomic E-state index is 12.0. The Morgan fingerprint density at radius 3 is 2.72 bits per heavy atom. The number of nitrogens with zero attached hydrogens (tertiary/aromatic N) is 1. The van der Waals surface area contributed by atoms with Crippen LogP contribution in [0.5, 0.6) is 0 Å². The van der Waals surface area contributed by atoms with Gasteiger partial charge in [0.2, 0.25) is 5.91 Å². The number of fused-ring (bicyclic) bond motifs is 1. The fourth-order valence-electron chi connectivity index (χ4n) is 3.23. The molecule has 1 aliphatic carbocycles. The van der Waals surface area contributed by atoms with Gasteiger partial charge in [0.1, 0.15) is 0 Å². The molecule has 1 fully saturated rings. The molecule has 1 aromatic carbocycles. The van der Waals surface area contributed by atoms with Gasteiger partial charge >= 0.3 is 0 Å². The summed E-state index contributed by atoms with van der Waals surface area (Å²) in [4.78, 5) is 14.2. The van der Waals surface area contributed by atoms with Crippen molar-refractivity contribution in [3.05, 3.63) is 35.4 Å². The third-order valence-electron chi connectivity index (χ3n) is 4.26. The third kappa shape index (κ3) is 2.16. The van der Waals surface area contributed by atoms with E-state index in [9.17, 15) is 4.79 Å². The van der Waals surface area contributed by atoms with Gasteiger partial charge in [0.05, 0.1) is 0 Å². The summed E-state index contributed by atoms with van der Waals surface area (Å²) in [6.45, 7) is 0.912. The standard InChI is InChI=1S/C15H19NOS/c17-15-7-11(10-18)9-16(15)14-6-5-12-3-1-2-4-13(12)8-14/h1-4,11,14,18H,5-10H2. The molecule has 1 amide bonds. The lowest BCUT2D eigenvalue weighted by Gasteiger charge is -2.32. The van der Waals surface area contributed by atoms with Crippen molar-refractivity contribution in [2.24, 2.45) is 5.92 Å². The van der Waals surface area contributed by atoms with Crippen LogP contribution in [0.2, 0.25) is 0 Å². The van der Waals surface area contributed by atoms with Gasteiger partial charge in [-0.2, -0.15) is 12.6 Å². The van der Waals surface area contributed by atoms with E-state index < -0.39 is 0 Å². The van der Waals surface area contributed by atoms with Gasteiger partial charge < -0.3 is 4.90 Å². The number of carbonyl (C=O) groups excluding carboxylic acids is 1. The first-order chi connectivity index (χ1) is 8.78. The van der Waals surface area contributed by atoms with Crippen LogP contribution in [0.3, 0.4) is 0 Å². The molecule has 0 aromatic heterocycles. The molecule has 0 spiro atoms. The highest BCUT2D eigenvalue weighted by molar-refractivity contribution is 7.80. The number of carbonyl (C=O) groups is 1. The van der Waals surface area contributed by atoms with Gasteiger partial charge in [-0.1, -0.05) is 24.3 Å². The highest BCUT2D eigenvalue weighted by Crippen LogP contribution is 2.29. The summed E-state index contributed by atoms with van der Waals surface area (Å²) in [5, 5.41) is 0. The Balaban J connectivity index is 1.74. The second-order valence-electron chi connectivity index (χ2n) is 5.46. The van der Waals surface area contributed by atoms with E-state index in [0.717, 1.165) is 31.6 Å². The van der Waals surface area contributed by atoms with Crippen molar-refractivity contribution >= 4 is 18.5 Å². The summed E-state index contributed by atoms with van der Waals surface area (Å²) in [5.74, 6) is 1.61. The fourth-order valence-corrected chi connectivity index (χ4v) is 3.47. The summed E-state index contributed by atoms with van der Waals surface area (Å²) in [6.07, 6.45) is 3.95. The van der Waals surface area contributed by atoms with E-state index in [-0.39, 0.29) is 0 Å². The lowest BCUT2D eigenvalue weighted by Crippen LogP contribution is -2.40. The summed E-state index contributed by atoms with van der Waals surface area (Å²) in [6, 6.07) is 9.05. The molecule has 0 N–H and O–H groups in total. The number of amides is 1. The van der Waals surface area contributed by atoms with Crippen LogP contribution in [-0.2, 0) is 17.6 Å². The minimum absolute atomic E-state index is 0.332. The van der Waals surface area contributed by atoms with Crippen molar-refractivity contribution in [1.29, 1.82) is 0 Å². The number of likely N-dealkylation sites (tertiary alicyclic amines) is 1. The normalized spacial score (nSPS) is 27.4. The molecule has 3 heteroatoms. The maximum Gasteiger partial charge on any atom is 0.223 e. The van der Waals surface area contributed by atoms with E-state index >= 15 is 0 Å². The van der Waals surface area contributed by atoms with Crippen LogP contribution in [0.4, 0.5) is 0 Å². The first kappa shape index (κ1) is 12.1. The smallest absolute Gasteiger partial charge is 0.223 e. The highest BCUT2D eigenvalue weighted by Gasteiger charge is 2.34. The zero-order chi connectivity index (χ0) is 12.5. The molecule has 2 unspecified atom stereocenters. The maximum absolute atomic E-state index is 12.0. The van der Waals surface area contributed by atoms with Crippen LogP contribution in [-0.4, -0.2) is 29.1 Å². The van der Waals surface area contributed by atoms with E-state index in [0.29, 0.717) is 24.3 Å². The van der Waals surface area contributed by atoms with Gasteiger partial charge in [-0.3, -0.25) is 4.79 Å². The molecule has 2 nitrogen and oxygen atoms in total. The number of aryl methyl sites for hydroxylation is 1. The van der Waals surface area contributed by atoms with E-state index in [1.807, 2.05) is 0 Å². The summed E-state index contributed by atoms with van der Waals surface area (Å²) in [7, 11) is 0. The molecule has 96 valence electrons. The minimum atomic E-state index is 0.332. The van der Waals surface area contributed by atoms with E-state index in [2.05, 4.69) is 41.8 Å². The monoisotopic (exact) mass is 261 g/mol. The molecular weight excluding hydrogens is 242 g/mol. The van der Waals surface area contributed by atoms with Crippen molar-refractivity contribution in [1.82, 2.24) is 4.90 Å². The van der Waals surface area contributed by atoms with Crippen molar-refractivity contribution in [2.45, 2.75) is 31.7 Å². The molecule has 2 aliphatic rings. The lowest BCUT2D eigenvalue weighted by molar-refractivity contribution is -0.129. The van der Waals surface area contributed by atoms with Gasteiger partial charge in [0.15, 0.2) is 0 Å². The molecule has 1 saturated heterocycles. The fraction of sp³-hybridized carbons (Fsp3) is 0.533. The number of rotatable bonds is 2. The number of hydrogen-bond acceptors (Lipinski definition) is 2. The molecule has 1 aromatic rings. The zero-order valence-corrected chi connectivity index (χ0v) is 11.4. The van der Waals surface area contributed by atoms with Crippen LogP contribution >= 0.6 is 12.6 Å². The van der Waals surface area contributed by atoms with E-state index in [1.165, 1.54) is 11.1 Å². The highest BCUT2D eigenvalue weighted by atomic mass is 32.1. The Hall–Kier alpha value is -0.960. The van der Waals surface area contributed by atoms with Gasteiger partial charge in [-0.25, -0.2) is 0 Å². The minimum Gasteiger partial charge on any atom is -0.339 e. The average molecular weight is 261 g/mol. The van der Waals surface area contributed by atoms with E-state index in [4.69, 9.17) is 0 Å². The molecule has 0 radical (unpaired) electrons. The zero-order valence-electron chi connectivity index (χ0n) is 10.5. The molecule has 3 rings (SSSR count). The predicted octanol–water partition coefficient (Wildman–Crippen LogP) is 2.32. The lowest BCUT2D eigenvalue weighted by atomic mass is 9.87. The largest absolute Gasteiger partial charge is 0.339 e. The number of benzene rings is 1. The van der Waals surface area contributed by atoms with Crippen LogP contribution in [0.1, 0.15) is 24.0 Å². The predicted molar refractivity (Wildman–Crippen MR) is 75.9 cm³/mol. The van der Waals surface area contributed by atoms with Crippen LogP contribution in [0.15, 0.2) is 24.3 Å². The van der Waals surface area contributed by atoms with Crippen molar-refractivity contribution in [2.75, 3.05) is 12.3 Å². The van der Waals surface area contributed by atoms with Crippen molar-refractivity contribution in [3.8, 4) is 0 Å². The first-order valence-corrected chi connectivity index (χ1v) is 7.38. The Kier molecular flexibility index (Phi) is 3.33. The number of hydrogen-bond donors (Lipinski definition) is 1. The second kappa shape index (κ2) is 4.96. The van der Waals surface area contributed by atoms with Gasteiger partial charge in [-0.05, 0) is 42.1 Å². The topological polar surface area (TPSA) is 20.3 Å². The van der Waals surface area contributed by atoms with Crippen LogP contribution in [0, 0.1) is 5.92 Å². The quantitative estimate of drug-likeness (QED) is 0.810. The van der Waals surface area contributed by atoms with Crippen LogP contribution in [0.25, 0.3) is 0 Å². The van der Waals surface area contributed by atoms with Crippen LogP contribution < -0.4 is 0 Å². The molecule has 0 bridgehead atoms. The Labute approximate surface area is 114 Å². The Morgan fingerprint density at radius 2 is 2.00 bits per heavy atom. The van der Waals surface area contributed by atoms with Crippen molar-refractivity contribution < 1.29 is 4.79 Å². The molecular formula is C15H19NOS. The first-order valence-electron chi connectivity index (χ1n) is 6.75. The Bertz CT molecular complexity index is 460. The summed E-state index contributed by atoms with van der Waals surface area (Å²) >= 11 is 4.33. The number of thiol groups is 1. The molecule has 18 heavy (non-hydrogen) atoms. The van der Waals surface area contributed by atoms with Gasteiger partial charge in [0.25, 0.3) is 0 Å². The average Bonchev–Trinajstić information content (AvgIpc) is 2.79. The van der Waals surface area contributed by atoms with Crippen molar-refractivity contribution in [3.63, 3.8) is 0 Å². The molecule has 0 saturated carbocycles. The molecule has 1 heterocycles. The summed E-state index contributed by atoms with van der Waals surface area (Å²) < 4.78 is 0. The third-order valence-corrected chi connectivity index (χ3v) is 4.77. The van der Waals surface area contributed by atoms with Gasteiger partial charge in [0, 0.05) is 19.0 Å². The SMILES string of the molecule is O=C1CC(CS)CN1C1CCc2ccccc2C1. The van der Waals surface area contributed by atoms with E-state index in [1.54, 1.807) is 0 Å². The van der Waals surface area contributed by atoms with Gasteiger partial charge in [-0.15, -0.1) is 0 Å². The second-order valence-corrected chi connectivity index (χ2v) is 5.83. The molecule has 1 aliphatic heterocycles. The summed E-state index contributed by atoms with van der Waals surface area (Å²) in [5.41, 5.74) is 2.89.